The van der Waals surface area contributed by atoms with Crippen molar-refractivity contribution in [2.75, 3.05) is 7.11 Å². The van der Waals surface area contributed by atoms with Crippen molar-refractivity contribution in [3.8, 4) is 5.75 Å². The molecule has 6 nitrogen and oxygen atoms in total. The van der Waals surface area contributed by atoms with Crippen molar-refractivity contribution in [3.05, 3.63) is 65.7 Å². The third kappa shape index (κ3) is 3.91. The largest absolute Gasteiger partial charge is 0.550 e. The molecule has 1 heterocycles. The summed E-state index contributed by atoms with van der Waals surface area (Å²) in [6.07, 6.45) is 0.114. The Labute approximate surface area is 151 Å². The van der Waals surface area contributed by atoms with E-state index in [9.17, 15) is 14.7 Å². The van der Waals surface area contributed by atoms with E-state index in [0.29, 0.717) is 6.42 Å². The molecular weight excluding hydrogens is 332 g/mol. The van der Waals surface area contributed by atoms with E-state index in [1.165, 1.54) is 5.01 Å². The monoisotopic (exact) mass is 351 g/mol. The molecule has 6 heteroatoms. The first-order valence-corrected chi connectivity index (χ1v) is 8.37. The fourth-order valence-corrected chi connectivity index (χ4v) is 2.96. The maximum absolute atomic E-state index is 12.5. The summed E-state index contributed by atoms with van der Waals surface area (Å²) in [5.41, 5.74) is 2.65. The van der Waals surface area contributed by atoms with E-state index in [2.05, 4.69) is 5.10 Å². The highest BCUT2D eigenvalue weighted by Gasteiger charge is 2.32. The van der Waals surface area contributed by atoms with Gasteiger partial charge < -0.3 is 14.6 Å². The van der Waals surface area contributed by atoms with Crippen LogP contribution in [0.4, 0.5) is 0 Å². The van der Waals surface area contributed by atoms with Gasteiger partial charge >= 0.3 is 0 Å². The molecule has 134 valence electrons. The standard InChI is InChI=1S/C20H20N2O4/c1-26-16-9-7-14(8-10-16)17-13-18(15-5-3-2-4-6-15)22(21-17)19(23)11-12-20(24)25/h2-10,18H,11-13H2,1H3,(H,24,25)/p-1/t18-/m1/s1. The van der Waals surface area contributed by atoms with Crippen molar-refractivity contribution in [3.63, 3.8) is 0 Å². The number of carbonyl (C=O) groups is 2. The van der Waals surface area contributed by atoms with Crippen LogP contribution in [0.3, 0.4) is 0 Å². The number of methoxy groups -OCH3 is 1. The van der Waals surface area contributed by atoms with E-state index in [-0.39, 0.29) is 24.8 Å². The Hall–Kier alpha value is -3.15. The number of benzene rings is 2. The Balaban J connectivity index is 1.87. The molecule has 0 bridgehead atoms. The van der Waals surface area contributed by atoms with Crippen molar-refractivity contribution < 1.29 is 19.4 Å². The van der Waals surface area contributed by atoms with E-state index in [0.717, 1.165) is 22.6 Å². The van der Waals surface area contributed by atoms with Crippen molar-refractivity contribution in [2.45, 2.75) is 25.3 Å². The van der Waals surface area contributed by atoms with E-state index in [1.54, 1.807) is 7.11 Å². The van der Waals surface area contributed by atoms with Crippen molar-refractivity contribution in [2.24, 2.45) is 5.10 Å². The topological polar surface area (TPSA) is 82.0 Å². The Morgan fingerprint density at radius 1 is 1.12 bits per heavy atom. The minimum Gasteiger partial charge on any atom is -0.550 e. The van der Waals surface area contributed by atoms with Crippen LogP contribution in [0.2, 0.25) is 0 Å². The highest BCUT2D eigenvalue weighted by Crippen LogP contribution is 2.33. The first-order valence-electron chi connectivity index (χ1n) is 8.37. The second kappa shape index (κ2) is 7.82. The van der Waals surface area contributed by atoms with Crippen molar-refractivity contribution >= 4 is 17.6 Å². The second-order valence-electron chi connectivity index (χ2n) is 6.02. The number of hydrogen-bond acceptors (Lipinski definition) is 5. The lowest BCUT2D eigenvalue weighted by Crippen LogP contribution is -2.29. The van der Waals surface area contributed by atoms with Crippen LogP contribution in [0.1, 0.15) is 36.4 Å². The minimum atomic E-state index is -1.24. The quantitative estimate of drug-likeness (QED) is 0.796. The summed E-state index contributed by atoms with van der Waals surface area (Å²) in [7, 11) is 1.60. The number of nitrogens with zero attached hydrogens (tertiary/aromatic N) is 2. The average Bonchev–Trinajstić information content (AvgIpc) is 3.12. The van der Waals surface area contributed by atoms with Crippen LogP contribution < -0.4 is 9.84 Å². The zero-order valence-corrected chi connectivity index (χ0v) is 14.4. The molecule has 1 atom stereocenters. The number of aliphatic carboxylic acids is 1. The van der Waals surface area contributed by atoms with E-state index in [4.69, 9.17) is 4.74 Å². The van der Waals surface area contributed by atoms with E-state index in [1.807, 2.05) is 54.6 Å². The molecule has 1 aliphatic heterocycles. The zero-order chi connectivity index (χ0) is 18.5. The number of rotatable bonds is 6. The first-order chi connectivity index (χ1) is 12.6. The second-order valence-corrected chi connectivity index (χ2v) is 6.02. The lowest BCUT2D eigenvalue weighted by molar-refractivity contribution is -0.305. The summed E-state index contributed by atoms with van der Waals surface area (Å²) >= 11 is 0. The van der Waals surface area contributed by atoms with Gasteiger partial charge in [0.05, 0.1) is 18.9 Å². The molecule has 0 fully saturated rings. The predicted molar refractivity (Wildman–Crippen MR) is 94.4 cm³/mol. The first kappa shape index (κ1) is 17.7. The van der Waals surface area contributed by atoms with Gasteiger partial charge in [-0.1, -0.05) is 30.3 Å². The van der Waals surface area contributed by atoms with Crippen LogP contribution in [-0.2, 0) is 9.59 Å². The molecule has 0 saturated heterocycles. The summed E-state index contributed by atoms with van der Waals surface area (Å²) in [6.45, 7) is 0. The van der Waals surface area contributed by atoms with Gasteiger partial charge in [0.25, 0.3) is 0 Å². The third-order valence-corrected chi connectivity index (χ3v) is 4.32. The van der Waals surface area contributed by atoms with Gasteiger partial charge in [-0.25, -0.2) is 5.01 Å². The summed E-state index contributed by atoms with van der Waals surface area (Å²) in [6, 6.07) is 16.8. The molecule has 2 aromatic carbocycles. The van der Waals surface area contributed by atoms with Crippen molar-refractivity contribution in [1.29, 1.82) is 0 Å². The van der Waals surface area contributed by atoms with Crippen LogP contribution in [-0.4, -0.2) is 29.7 Å². The molecule has 0 aromatic heterocycles. The molecule has 0 aliphatic carbocycles. The maximum Gasteiger partial charge on any atom is 0.243 e. The van der Waals surface area contributed by atoms with Gasteiger partial charge in [-0.3, -0.25) is 4.79 Å². The molecular formula is C20H19N2O4-. The normalized spacial score (nSPS) is 16.3. The van der Waals surface area contributed by atoms with Crippen LogP contribution in [0, 0.1) is 0 Å². The fraction of sp³-hybridized carbons (Fsp3) is 0.250. The molecule has 2 aromatic rings. The molecule has 0 radical (unpaired) electrons. The summed E-state index contributed by atoms with van der Waals surface area (Å²) in [4.78, 5) is 23.2. The number of carbonyl (C=O) groups excluding carboxylic acids is 2. The third-order valence-electron chi connectivity index (χ3n) is 4.32. The van der Waals surface area contributed by atoms with Gasteiger partial charge in [-0.15, -0.1) is 0 Å². The molecule has 26 heavy (non-hydrogen) atoms. The summed E-state index contributed by atoms with van der Waals surface area (Å²) in [5.74, 6) is -0.825. The smallest absolute Gasteiger partial charge is 0.243 e. The highest BCUT2D eigenvalue weighted by atomic mass is 16.5. The van der Waals surface area contributed by atoms with Crippen LogP contribution in [0.5, 0.6) is 5.75 Å². The molecule has 0 spiro atoms. The van der Waals surface area contributed by atoms with Crippen LogP contribution in [0.25, 0.3) is 0 Å². The van der Waals surface area contributed by atoms with Gasteiger partial charge in [-0.2, -0.15) is 5.10 Å². The maximum atomic E-state index is 12.5. The van der Waals surface area contributed by atoms with Crippen LogP contribution >= 0.6 is 0 Å². The molecule has 3 rings (SSSR count). The number of amides is 1. The van der Waals surface area contributed by atoms with Crippen LogP contribution in [0.15, 0.2) is 59.7 Å². The van der Waals surface area contributed by atoms with Gasteiger partial charge in [0.1, 0.15) is 5.75 Å². The lowest BCUT2D eigenvalue weighted by Gasteiger charge is -2.22. The Morgan fingerprint density at radius 2 is 1.81 bits per heavy atom. The lowest BCUT2D eigenvalue weighted by atomic mass is 9.98. The molecule has 0 unspecified atom stereocenters. The Bertz CT molecular complexity index is 815. The number of carboxylic acids is 1. The van der Waals surface area contributed by atoms with E-state index < -0.39 is 5.97 Å². The fourth-order valence-electron chi connectivity index (χ4n) is 2.96. The SMILES string of the molecule is COc1ccc(C2=NN(C(=O)CCC(=O)[O-])[C@@H](c3ccccc3)C2)cc1. The Morgan fingerprint density at radius 3 is 2.42 bits per heavy atom. The molecule has 1 amide bonds. The Kier molecular flexibility index (Phi) is 5.31. The van der Waals surface area contributed by atoms with Gasteiger partial charge in [-0.05, 0) is 41.8 Å². The van der Waals surface area contributed by atoms with Gasteiger partial charge in [0.15, 0.2) is 0 Å². The number of hydrogen-bond donors (Lipinski definition) is 0. The molecule has 1 aliphatic rings. The summed E-state index contributed by atoms with van der Waals surface area (Å²) in [5, 5.41) is 16.6. The highest BCUT2D eigenvalue weighted by molar-refractivity contribution is 6.03. The molecule has 0 saturated carbocycles. The van der Waals surface area contributed by atoms with Crippen molar-refractivity contribution in [1.82, 2.24) is 5.01 Å². The van der Waals surface area contributed by atoms with E-state index >= 15 is 0 Å². The number of ether oxygens (including phenoxy) is 1. The zero-order valence-electron chi connectivity index (χ0n) is 14.4. The number of hydrazone groups is 1. The number of carboxylic acid groups (broad SMARTS) is 1. The van der Waals surface area contributed by atoms with Gasteiger partial charge in [0.2, 0.25) is 5.91 Å². The average molecular weight is 351 g/mol. The summed E-state index contributed by atoms with van der Waals surface area (Å²) < 4.78 is 5.17. The molecule has 0 N–H and O–H groups in total. The van der Waals surface area contributed by atoms with Gasteiger partial charge in [0, 0.05) is 18.8 Å². The predicted octanol–water partition coefficient (Wildman–Crippen LogP) is 1.90. The minimum absolute atomic E-state index is 0.134.